The van der Waals surface area contributed by atoms with Crippen molar-refractivity contribution in [2.24, 2.45) is 0 Å². The van der Waals surface area contributed by atoms with Crippen LogP contribution < -0.4 is 0 Å². The van der Waals surface area contributed by atoms with Gasteiger partial charge in [-0.15, -0.1) is 11.8 Å². The summed E-state index contributed by atoms with van der Waals surface area (Å²) in [6.07, 6.45) is 7.02. The van der Waals surface area contributed by atoms with E-state index in [0.29, 0.717) is 0 Å². The summed E-state index contributed by atoms with van der Waals surface area (Å²) in [5, 5.41) is 0. The molecular formula is C17H22N2S. The zero-order chi connectivity index (χ0) is 14.2. The maximum Gasteiger partial charge on any atom is 0.0271 e. The van der Waals surface area contributed by atoms with Crippen molar-refractivity contribution in [3.8, 4) is 0 Å². The normalized spacial score (nSPS) is 10.9. The van der Waals surface area contributed by atoms with E-state index >= 15 is 0 Å². The monoisotopic (exact) mass is 286 g/mol. The predicted molar refractivity (Wildman–Crippen MR) is 86.9 cm³/mol. The summed E-state index contributed by atoms with van der Waals surface area (Å²) in [6.45, 7) is 5.34. The van der Waals surface area contributed by atoms with Crippen molar-refractivity contribution in [2.75, 3.05) is 12.8 Å². The van der Waals surface area contributed by atoms with Crippen LogP contribution in [0.1, 0.15) is 24.5 Å². The molecule has 1 aromatic carbocycles. The highest BCUT2D eigenvalue weighted by Crippen LogP contribution is 2.16. The standard InChI is InChI=1S/C17H22N2S/c1-3-12-19(14-16-8-10-18-11-9-16)13-15-4-6-17(20-2)7-5-15/h4-11H,3,12-14H2,1-2H3. The summed E-state index contributed by atoms with van der Waals surface area (Å²) in [4.78, 5) is 7.89. The molecule has 1 aromatic heterocycles. The molecule has 1 heterocycles. The lowest BCUT2D eigenvalue weighted by Crippen LogP contribution is -2.23. The lowest BCUT2D eigenvalue weighted by atomic mass is 10.2. The molecule has 2 nitrogen and oxygen atoms in total. The topological polar surface area (TPSA) is 16.1 Å². The highest BCUT2D eigenvalue weighted by molar-refractivity contribution is 7.98. The molecule has 106 valence electrons. The number of hydrogen-bond donors (Lipinski definition) is 0. The van der Waals surface area contributed by atoms with Gasteiger partial charge in [0.25, 0.3) is 0 Å². The van der Waals surface area contributed by atoms with Crippen molar-refractivity contribution >= 4 is 11.8 Å². The number of rotatable bonds is 7. The van der Waals surface area contributed by atoms with Gasteiger partial charge < -0.3 is 0 Å². The van der Waals surface area contributed by atoms with Crippen LogP contribution in [0.5, 0.6) is 0 Å². The second kappa shape index (κ2) is 8.08. The quantitative estimate of drug-likeness (QED) is 0.709. The average Bonchev–Trinajstić information content (AvgIpc) is 2.49. The lowest BCUT2D eigenvalue weighted by Gasteiger charge is -2.22. The minimum absolute atomic E-state index is 0.987. The Labute approximate surface area is 126 Å². The largest absolute Gasteiger partial charge is 0.295 e. The van der Waals surface area contributed by atoms with Gasteiger partial charge in [-0.1, -0.05) is 19.1 Å². The Morgan fingerprint density at radius 2 is 1.55 bits per heavy atom. The Kier molecular flexibility index (Phi) is 6.09. The van der Waals surface area contributed by atoms with Crippen LogP contribution >= 0.6 is 11.8 Å². The maximum atomic E-state index is 4.08. The third-order valence-corrected chi connectivity index (χ3v) is 4.00. The summed E-state index contributed by atoms with van der Waals surface area (Å²) in [7, 11) is 0. The van der Waals surface area contributed by atoms with Crippen LogP contribution in [0.25, 0.3) is 0 Å². The molecular weight excluding hydrogens is 264 g/mol. The van der Waals surface area contributed by atoms with E-state index in [-0.39, 0.29) is 0 Å². The molecule has 0 aliphatic heterocycles. The number of aromatic nitrogens is 1. The first kappa shape index (κ1) is 15.1. The molecule has 0 fully saturated rings. The van der Waals surface area contributed by atoms with E-state index in [1.165, 1.54) is 22.4 Å². The van der Waals surface area contributed by atoms with Crippen LogP contribution in [-0.4, -0.2) is 22.7 Å². The van der Waals surface area contributed by atoms with Gasteiger partial charge in [0.15, 0.2) is 0 Å². The summed E-state index contributed by atoms with van der Waals surface area (Å²) in [6, 6.07) is 13.1. The molecule has 2 aromatic rings. The maximum absolute atomic E-state index is 4.08. The van der Waals surface area contributed by atoms with Gasteiger partial charge in [-0.05, 0) is 54.6 Å². The van der Waals surface area contributed by atoms with Crippen molar-refractivity contribution in [3.63, 3.8) is 0 Å². The van der Waals surface area contributed by atoms with Crippen molar-refractivity contribution in [1.82, 2.24) is 9.88 Å². The number of nitrogens with zero attached hydrogens (tertiary/aromatic N) is 2. The van der Waals surface area contributed by atoms with Crippen LogP contribution in [0.15, 0.2) is 53.7 Å². The van der Waals surface area contributed by atoms with Crippen LogP contribution in [-0.2, 0) is 13.1 Å². The second-order valence-electron chi connectivity index (χ2n) is 4.91. The van der Waals surface area contributed by atoms with Crippen molar-refractivity contribution < 1.29 is 0 Å². The molecule has 0 saturated heterocycles. The predicted octanol–water partition coefficient (Wildman–Crippen LogP) is 4.22. The average molecular weight is 286 g/mol. The van der Waals surface area contributed by atoms with E-state index < -0.39 is 0 Å². The van der Waals surface area contributed by atoms with Gasteiger partial charge in [0, 0.05) is 30.4 Å². The molecule has 0 saturated carbocycles. The molecule has 0 unspecified atom stereocenters. The minimum Gasteiger partial charge on any atom is -0.295 e. The summed E-state index contributed by atoms with van der Waals surface area (Å²) in [5.41, 5.74) is 2.71. The zero-order valence-electron chi connectivity index (χ0n) is 12.2. The molecule has 0 amide bonds. The van der Waals surface area contributed by atoms with Gasteiger partial charge in [-0.25, -0.2) is 0 Å². The first-order valence-corrected chi connectivity index (χ1v) is 8.28. The summed E-state index contributed by atoms with van der Waals surface area (Å²) < 4.78 is 0. The molecule has 2 rings (SSSR count). The Morgan fingerprint density at radius 1 is 0.950 bits per heavy atom. The SMILES string of the molecule is CCCN(Cc1ccncc1)Cc1ccc(SC)cc1. The molecule has 3 heteroatoms. The molecule has 0 radical (unpaired) electrons. The fourth-order valence-corrected chi connectivity index (χ4v) is 2.67. The van der Waals surface area contributed by atoms with E-state index in [0.717, 1.165) is 19.6 Å². The summed E-state index contributed by atoms with van der Waals surface area (Å²) in [5.74, 6) is 0. The third kappa shape index (κ3) is 4.66. The van der Waals surface area contributed by atoms with Crippen LogP contribution in [0.4, 0.5) is 0 Å². The number of hydrogen-bond acceptors (Lipinski definition) is 3. The highest BCUT2D eigenvalue weighted by Gasteiger charge is 2.06. The van der Waals surface area contributed by atoms with Gasteiger partial charge in [0.1, 0.15) is 0 Å². The molecule has 0 N–H and O–H groups in total. The lowest BCUT2D eigenvalue weighted by molar-refractivity contribution is 0.257. The van der Waals surface area contributed by atoms with Crippen molar-refractivity contribution in [3.05, 3.63) is 59.9 Å². The minimum atomic E-state index is 0.987. The van der Waals surface area contributed by atoms with E-state index in [1.54, 1.807) is 11.8 Å². The van der Waals surface area contributed by atoms with Crippen LogP contribution in [0.3, 0.4) is 0 Å². The molecule has 0 atom stereocenters. The van der Waals surface area contributed by atoms with E-state index in [9.17, 15) is 0 Å². The van der Waals surface area contributed by atoms with E-state index in [2.05, 4.69) is 59.5 Å². The number of thioether (sulfide) groups is 1. The smallest absolute Gasteiger partial charge is 0.0271 e. The molecule has 0 bridgehead atoms. The van der Waals surface area contributed by atoms with Crippen molar-refractivity contribution in [1.29, 1.82) is 0 Å². The molecule has 0 aliphatic rings. The highest BCUT2D eigenvalue weighted by atomic mass is 32.2. The Morgan fingerprint density at radius 3 is 2.10 bits per heavy atom. The molecule has 0 aliphatic carbocycles. The molecule has 20 heavy (non-hydrogen) atoms. The first-order valence-electron chi connectivity index (χ1n) is 7.06. The van der Waals surface area contributed by atoms with Crippen LogP contribution in [0.2, 0.25) is 0 Å². The fourth-order valence-electron chi connectivity index (χ4n) is 2.27. The Balaban J connectivity index is 2.00. The first-order chi connectivity index (χ1) is 9.81. The Bertz CT molecular complexity index is 496. The Hall–Kier alpha value is -1.32. The van der Waals surface area contributed by atoms with E-state index in [1.807, 2.05) is 12.4 Å². The molecule has 0 spiro atoms. The van der Waals surface area contributed by atoms with Gasteiger partial charge in [-0.2, -0.15) is 0 Å². The van der Waals surface area contributed by atoms with Crippen molar-refractivity contribution in [2.45, 2.75) is 31.3 Å². The summed E-state index contributed by atoms with van der Waals surface area (Å²) >= 11 is 1.79. The van der Waals surface area contributed by atoms with Gasteiger partial charge in [0.2, 0.25) is 0 Å². The van der Waals surface area contributed by atoms with Crippen LogP contribution in [0, 0.1) is 0 Å². The van der Waals surface area contributed by atoms with E-state index in [4.69, 9.17) is 0 Å². The number of pyridine rings is 1. The van der Waals surface area contributed by atoms with Gasteiger partial charge in [0.05, 0.1) is 0 Å². The second-order valence-corrected chi connectivity index (χ2v) is 5.79. The van der Waals surface area contributed by atoms with Gasteiger partial charge in [-0.3, -0.25) is 9.88 Å². The van der Waals surface area contributed by atoms with Gasteiger partial charge >= 0.3 is 0 Å². The fraction of sp³-hybridized carbons (Fsp3) is 0.353. The zero-order valence-corrected chi connectivity index (χ0v) is 13.1. The number of benzene rings is 1. The third-order valence-electron chi connectivity index (χ3n) is 3.26.